The molecule has 1 saturated heterocycles. The summed E-state index contributed by atoms with van der Waals surface area (Å²) in [6.45, 7) is 1.33. The van der Waals surface area contributed by atoms with Gasteiger partial charge in [0.05, 0.1) is 6.61 Å². The molecule has 0 saturated carbocycles. The molecule has 1 fully saturated rings. The average molecular weight is 236 g/mol. The van der Waals surface area contributed by atoms with Crippen molar-refractivity contribution in [2.24, 2.45) is 0 Å². The molecule has 1 aliphatic heterocycles. The van der Waals surface area contributed by atoms with Crippen LogP contribution >= 0.6 is 0 Å². The van der Waals surface area contributed by atoms with Crippen molar-refractivity contribution in [2.45, 2.75) is 25.6 Å². The van der Waals surface area contributed by atoms with Gasteiger partial charge in [0.1, 0.15) is 5.82 Å². The van der Waals surface area contributed by atoms with Crippen LogP contribution in [0.4, 0.5) is 4.39 Å². The van der Waals surface area contributed by atoms with Gasteiger partial charge in [-0.05, 0) is 37.0 Å². The molecule has 92 valence electrons. The van der Waals surface area contributed by atoms with Crippen LogP contribution in [0.15, 0.2) is 30.3 Å². The van der Waals surface area contributed by atoms with Gasteiger partial charge in [-0.3, -0.25) is 0 Å². The number of halogens is 1. The number of rotatable bonds is 4. The molecular formula is C14H17FO2. The molecule has 0 radical (unpaired) electrons. The number of hydrogen-bond donors (Lipinski definition) is 0. The second kappa shape index (κ2) is 6.52. The summed E-state index contributed by atoms with van der Waals surface area (Å²) in [4.78, 5) is 0. The molecule has 0 aliphatic carbocycles. The van der Waals surface area contributed by atoms with E-state index in [9.17, 15) is 4.39 Å². The first kappa shape index (κ1) is 12.3. The van der Waals surface area contributed by atoms with Gasteiger partial charge >= 0.3 is 0 Å². The maximum Gasteiger partial charge on any atom is 0.157 e. The Bertz CT molecular complexity index is 353. The Labute approximate surface area is 101 Å². The Kier molecular flexibility index (Phi) is 4.71. The maximum absolute atomic E-state index is 12.7. The van der Waals surface area contributed by atoms with Gasteiger partial charge in [0.15, 0.2) is 6.29 Å². The van der Waals surface area contributed by atoms with E-state index >= 15 is 0 Å². The van der Waals surface area contributed by atoms with Crippen LogP contribution in [-0.4, -0.2) is 19.5 Å². The van der Waals surface area contributed by atoms with Crippen LogP contribution in [0.5, 0.6) is 0 Å². The van der Waals surface area contributed by atoms with Crippen molar-refractivity contribution in [3.8, 4) is 0 Å². The highest BCUT2D eigenvalue weighted by atomic mass is 19.1. The Morgan fingerprint density at radius 2 is 2.12 bits per heavy atom. The van der Waals surface area contributed by atoms with E-state index in [1.54, 1.807) is 12.1 Å². The Balaban J connectivity index is 1.72. The molecule has 0 aromatic heterocycles. The van der Waals surface area contributed by atoms with Gasteiger partial charge in [-0.25, -0.2) is 4.39 Å². The smallest absolute Gasteiger partial charge is 0.157 e. The van der Waals surface area contributed by atoms with Crippen LogP contribution in [0.25, 0.3) is 6.08 Å². The molecule has 0 N–H and O–H groups in total. The first-order chi connectivity index (χ1) is 8.34. The zero-order valence-electron chi connectivity index (χ0n) is 9.77. The first-order valence-corrected chi connectivity index (χ1v) is 6.00. The quantitative estimate of drug-likeness (QED) is 0.797. The molecule has 2 nitrogen and oxygen atoms in total. The molecule has 3 heteroatoms. The zero-order chi connectivity index (χ0) is 11.9. The Hall–Kier alpha value is -1.19. The van der Waals surface area contributed by atoms with Crippen molar-refractivity contribution >= 4 is 6.08 Å². The average Bonchev–Trinajstić information content (AvgIpc) is 2.38. The maximum atomic E-state index is 12.7. The summed E-state index contributed by atoms with van der Waals surface area (Å²) in [5, 5.41) is 0. The largest absolute Gasteiger partial charge is 0.353 e. The van der Waals surface area contributed by atoms with E-state index in [2.05, 4.69) is 0 Å². The molecule has 1 aromatic carbocycles. The topological polar surface area (TPSA) is 18.5 Å². The zero-order valence-corrected chi connectivity index (χ0v) is 9.77. The molecule has 0 spiro atoms. The molecule has 17 heavy (non-hydrogen) atoms. The number of hydrogen-bond acceptors (Lipinski definition) is 2. The van der Waals surface area contributed by atoms with Crippen LogP contribution in [-0.2, 0) is 9.47 Å². The number of ether oxygens (including phenoxy) is 2. The lowest BCUT2D eigenvalue weighted by molar-refractivity contribution is -0.155. The van der Waals surface area contributed by atoms with Crippen molar-refractivity contribution in [2.75, 3.05) is 13.2 Å². The van der Waals surface area contributed by atoms with Crippen LogP contribution in [0, 0.1) is 5.82 Å². The Morgan fingerprint density at radius 1 is 1.29 bits per heavy atom. The van der Waals surface area contributed by atoms with Crippen LogP contribution in [0.1, 0.15) is 24.8 Å². The SMILES string of the molecule is Fc1ccc(/C=C/COC2CCCCO2)cc1. The predicted molar refractivity (Wildman–Crippen MR) is 65.0 cm³/mol. The fraction of sp³-hybridized carbons (Fsp3) is 0.429. The molecule has 0 amide bonds. The highest BCUT2D eigenvalue weighted by Crippen LogP contribution is 2.13. The minimum atomic E-state index is -0.214. The lowest BCUT2D eigenvalue weighted by Gasteiger charge is -2.21. The van der Waals surface area contributed by atoms with E-state index in [4.69, 9.17) is 9.47 Å². The lowest BCUT2D eigenvalue weighted by Crippen LogP contribution is -2.22. The van der Waals surface area contributed by atoms with Crippen molar-refractivity contribution < 1.29 is 13.9 Å². The highest BCUT2D eigenvalue weighted by molar-refractivity contribution is 5.48. The summed E-state index contributed by atoms with van der Waals surface area (Å²) >= 11 is 0. The van der Waals surface area contributed by atoms with E-state index in [-0.39, 0.29) is 12.1 Å². The fourth-order valence-electron chi connectivity index (χ4n) is 1.76. The van der Waals surface area contributed by atoms with E-state index in [0.29, 0.717) is 6.61 Å². The third-order valence-electron chi connectivity index (χ3n) is 2.70. The van der Waals surface area contributed by atoms with Crippen LogP contribution < -0.4 is 0 Å². The molecule has 1 heterocycles. The van der Waals surface area contributed by atoms with E-state index in [1.807, 2.05) is 12.2 Å². The summed E-state index contributed by atoms with van der Waals surface area (Å²) in [5.41, 5.74) is 0.972. The van der Waals surface area contributed by atoms with Crippen LogP contribution in [0.2, 0.25) is 0 Å². The summed E-state index contributed by atoms with van der Waals surface area (Å²) in [5.74, 6) is -0.214. The third kappa shape index (κ3) is 4.29. The summed E-state index contributed by atoms with van der Waals surface area (Å²) < 4.78 is 23.6. The molecular weight excluding hydrogens is 219 g/mol. The van der Waals surface area contributed by atoms with E-state index in [0.717, 1.165) is 25.0 Å². The lowest BCUT2D eigenvalue weighted by atomic mass is 10.2. The van der Waals surface area contributed by atoms with Crippen molar-refractivity contribution in [1.82, 2.24) is 0 Å². The molecule has 1 aliphatic rings. The van der Waals surface area contributed by atoms with Crippen molar-refractivity contribution in [3.63, 3.8) is 0 Å². The van der Waals surface area contributed by atoms with Crippen molar-refractivity contribution in [1.29, 1.82) is 0 Å². The molecule has 2 rings (SSSR count). The van der Waals surface area contributed by atoms with Gasteiger partial charge in [0.25, 0.3) is 0 Å². The molecule has 1 aromatic rings. The predicted octanol–water partition coefficient (Wildman–Crippen LogP) is 3.38. The monoisotopic (exact) mass is 236 g/mol. The minimum Gasteiger partial charge on any atom is -0.353 e. The van der Waals surface area contributed by atoms with Crippen molar-refractivity contribution in [3.05, 3.63) is 41.7 Å². The van der Waals surface area contributed by atoms with Gasteiger partial charge in [0, 0.05) is 6.61 Å². The van der Waals surface area contributed by atoms with Crippen LogP contribution in [0.3, 0.4) is 0 Å². The molecule has 0 bridgehead atoms. The summed E-state index contributed by atoms with van der Waals surface area (Å²) in [7, 11) is 0. The third-order valence-corrected chi connectivity index (χ3v) is 2.70. The molecule has 1 atom stereocenters. The van der Waals surface area contributed by atoms with Gasteiger partial charge in [-0.2, -0.15) is 0 Å². The summed E-state index contributed by atoms with van der Waals surface area (Å²) in [6, 6.07) is 6.38. The minimum absolute atomic E-state index is 0.0541. The second-order valence-electron chi connectivity index (χ2n) is 4.08. The number of benzene rings is 1. The van der Waals surface area contributed by atoms with E-state index < -0.39 is 0 Å². The Morgan fingerprint density at radius 3 is 2.82 bits per heavy atom. The van der Waals surface area contributed by atoms with Gasteiger partial charge in [-0.1, -0.05) is 24.3 Å². The molecule has 1 unspecified atom stereocenters. The first-order valence-electron chi connectivity index (χ1n) is 6.00. The van der Waals surface area contributed by atoms with Gasteiger partial charge in [-0.15, -0.1) is 0 Å². The standard InChI is InChI=1S/C14H17FO2/c15-13-8-6-12(7-9-13)4-3-11-17-14-5-1-2-10-16-14/h3-4,6-9,14H,1-2,5,10-11H2/b4-3+. The normalized spacial score (nSPS) is 20.9. The highest BCUT2D eigenvalue weighted by Gasteiger charge is 2.12. The second-order valence-corrected chi connectivity index (χ2v) is 4.08. The van der Waals surface area contributed by atoms with E-state index in [1.165, 1.54) is 18.6 Å². The fourth-order valence-corrected chi connectivity index (χ4v) is 1.76. The van der Waals surface area contributed by atoms with Gasteiger partial charge < -0.3 is 9.47 Å². The summed E-state index contributed by atoms with van der Waals surface area (Å²) in [6.07, 6.45) is 7.07. The van der Waals surface area contributed by atoms with Gasteiger partial charge in [0.2, 0.25) is 0 Å².